The van der Waals surface area contributed by atoms with Crippen molar-refractivity contribution in [3.05, 3.63) is 48.3 Å². The number of methoxy groups -OCH3 is 1. The number of hydrogen-bond acceptors (Lipinski definition) is 6. The van der Waals surface area contributed by atoms with Crippen molar-refractivity contribution < 1.29 is 9.53 Å². The van der Waals surface area contributed by atoms with Crippen molar-refractivity contribution in [3.63, 3.8) is 0 Å². The van der Waals surface area contributed by atoms with E-state index in [9.17, 15) is 4.79 Å². The number of fused-ring (bicyclic) bond motifs is 1. The fourth-order valence-electron chi connectivity index (χ4n) is 4.45. The summed E-state index contributed by atoms with van der Waals surface area (Å²) >= 11 is 0. The highest BCUT2D eigenvalue weighted by Crippen LogP contribution is 2.38. The van der Waals surface area contributed by atoms with Crippen LogP contribution in [0.4, 0.5) is 5.69 Å². The summed E-state index contributed by atoms with van der Waals surface area (Å²) in [6.07, 6.45) is 9.51. The quantitative estimate of drug-likeness (QED) is 0.572. The molecule has 2 fully saturated rings. The zero-order chi connectivity index (χ0) is 21.4. The van der Waals surface area contributed by atoms with Crippen molar-refractivity contribution in [2.75, 3.05) is 12.4 Å². The van der Waals surface area contributed by atoms with Gasteiger partial charge in [-0.25, -0.2) is 4.98 Å². The first kappa shape index (κ1) is 19.9. The summed E-state index contributed by atoms with van der Waals surface area (Å²) in [6.45, 7) is 0. The molecule has 0 unspecified atom stereocenters. The molecule has 0 aliphatic heterocycles. The van der Waals surface area contributed by atoms with Crippen molar-refractivity contribution in [2.45, 2.75) is 50.6 Å². The second-order valence-corrected chi connectivity index (χ2v) is 8.76. The molecule has 0 radical (unpaired) electrons. The number of benzene rings is 1. The number of carbonyl (C=O) groups is 1. The van der Waals surface area contributed by atoms with E-state index in [0.29, 0.717) is 17.5 Å². The molecule has 2 heterocycles. The van der Waals surface area contributed by atoms with Gasteiger partial charge in [0.25, 0.3) is 0 Å². The Hall–Kier alpha value is -2.99. The zero-order valence-electron chi connectivity index (χ0n) is 17.8. The highest BCUT2D eigenvalue weighted by atomic mass is 16.5. The van der Waals surface area contributed by atoms with Gasteiger partial charge in [-0.3, -0.25) is 9.78 Å². The standard InChI is InChI=1S/C25H28N4O2/c1-31-23-13-17(10-11-27-23)16-4-9-22-20(12-16)24(29-19-7-5-18(26)6-8-19)21(14-28-22)25(30)15-2-3-15/h4,9-15,18-19H,2-3,5-8,26H2,1H3,(H,28,29). The number of aromatic nitrogens is 2. The van der Waals surface area contributed by atoms with Crippen LogP contribution in [0.2, 0.25) is 0 Å². The predicted molar refractivity (Wildman–Crippen MR) is 122 cm³/mol. The van der Waals surface area contributed by atoms with Crippen molar-refractivity contribution in [3.8, 4) is 17.0 Å². The van der Waals surface area contributed by atoms with Crippen LogP contribution in [0.1, 0.15) is 48.9 Å². The Morgan fingerprint density at radius 1 is 1.03 bits per heavy atom. The monoisotopic (exact) mass is 416 g/mol. The zero-order valence-corrected chi connectivity index (χ0v) is 17.8. The Morgan fingerprint density at radius 2 is 1.81 bits per heavy atom. The van der Waals surface area contributed by atoms with E-state index in [0.717, 1.165) is 66.2 Å². The van der Waals surface area contributed by atoms with Crippen LogP contribution in [-0.4, -0.2) is 34.9 Å². The lowest BCUT2D eigenvalue weighted by molar-refractivity contribution is 0.0968. The van der Waals surface area contributed by atoms with Crippen LogP contribution in [0.3, 0.4) is 0 Å². The fraction of sp³-hybridized carbons (Fsp3) is 0.400. The molecular formula is C25H28N4O2. The molecule has 0 saturated heterocycles. The largest absolute Gasteiger partial charge is 0.481 e. The number of anilines is 1. The molecule has 3 aromatic rings. The third-order valence-electron chi connectivity index (χ3n) is 6.48. The maximum absolute atomic E-state index is 13.1. The minimum Gasteiger partial charge on any atom is -0.481 e. The summed E-state index contributed by atoms with van der Waals surface area (Å²) in [5.41, 5.74) is 10.7. The van der Waals surface area contributed by atoms with Crippen molar-refractivity contribution >= 4 is 22.4 Å². The highest BCUT2D eigenvalue weighted by molar-refractivity contribution is 6.10. The van der Waals surface area contributed by atoms with Gasteiger partial charge in [-0.05, 0) is 67.9 Å². The second kappa shape index (κ2) is 8.27. The molecule has 2 saturated carbocycles. The van der Waals surface area contributed by atoms with Crippen LogP contribution in [-0.2, 0) is 0 Å². The van der Waals surface area contributed by atoms with E-state index in [1.165, 1.54) is 0 Å². The number of nitrogens with two attached hydrogens (primary N) is 1. The number of hydrogen-bond donors (Lipinski definition) is 2. The van der Waals surface area contributed by atoms with E-state index in [1.807, 2.05) is 18.2 Å². The summed E-state index contributed by atoms with van der Waals surface area (Å²) < 4.78 is 5.29. The number of nitrogens with zero attached hydrogens (tertiary/aromatic N) is 2. The van der Waals surface area contributed by atoms with Gasteiger partial charge in [0, 0.05) is 41.8 Å². The van der Waals surface area contributed by atoms with Gasteiger partial charge in [0.2, 0.25) is 5.88 Å². The lowest BCUT2D eigenvalue weighted by atomic mass is 9.91. The molecule has 2 aliphatic rings. The van der Waals surface area contributed by atoms with Crippen LogP contribution in [0.25, 0.3) is 22.0 Å². The summed E-state index contributed by atoms with van der Waals surface area (Å²) in [6, 6.07) is 10.7. The van der Waals surface area contributed by atoms with E-state index in [-0.39, 0.29) is 17.7 Å². The number of nitrogens with one attached hydrogen (secondary N) is 1. The van der Waals surface area contributed by atoms with E-state index < -0.39 is 0 Å². The lowest BCUT2D eigenvalue weighted by Crippen LogP contribution is -2.33. The van der Waals surface area contributed by atoms with Gasteiger partial charge in [-0.2, -0.15) is 0 Å². The number of Topliss-reactive ketones (excluding diaryl/α,β-unsaturated/α-hetero) is 1. The topological polar surface area (TPSA) is 90.1 Å². The van der Waals surface area contributed by atoms with Gasteiger partial charge in [-0.15, -0.1) is 0 Å². The molecule has 31 heavy (non-hydrogen) atoms. The molecule has 0 amide bonds. The van der Waals surface area contributed by atoms with Crippen LogP contribution >= 0.6 is 0 Å². The van der Waals surface area contributed by atoms with Gasteiger partial charge >= 0.3 is 0 Å². The number of ketones is 1. The Labute approximate surface area is 182 Å². The van der Waals surface area contributed by atoms with Crippen LogP contribution in [0.15, 0.2) is 42.7 Å². The average Bonchev–Trinajstić information content (AvgIpc) is 3.65. The van der Waals surface area contributed by atoms with E-state index >= 15 is 0 Å². The normalized spacial score (nSPS) is 21.1. The third kappa shape index (κ3) is 4.12. The van der Waals surface area contributed by atoms with Gasteiger partial charge in [0.15, 0.2) is 5.78 Å². The molecule has 160 valence electrons. The van der Waals surface area contributed by atoms with E-state index in [1.54, 1.807) is 19.5 Å². The Balaban J connectivity index is 1.59. The molecule has 2 aliphatic carbocycles. The van der Waals surface area contributed by atoms with E-state index in [4.69, 9.17) is 10.5 Å². The van der Waals surface area contributed by atoms with Crippen molar-refractivity contribution in [1.82, 2.24) is 9.97 Å². The van der Waals surface area contributed by atoms with Gasteiger partial charge in [-0.1, -0.05) is 6.07 Å². The summed E-state index contributed by atoms with van der Waals surface area (Å²) in [5.74, 6) is 0.929. The molecule has 6 heteroatoms. The Morgan fingerprint density at radius 3 is 2.55 bits per heavy atom. The minimum absolute atomic E-state index is 0.146. The molecule has 0 bridgehead atoms. The smallest absolute Gasteiger partial charge is 0.213 e. The van der Waals surface area contributed by atoms with Crippen molar-refractivity contribution in [1.29, 1.82) is 0 Å². The molecule has 6 nitrogen and oxygen atoms in total. The number of rotatable bonds is 6. The van der Waals surface area contributed by atoms with Crippen LogP contribution in [0, 0.1) is 5.92 Å². The number of carbonyl (C=O) groups excluding carboxylic acids is 1. The molecule has 2 aromatic heterocycles. The minimum atomic E-state index is 0.146. The SMILES string of the molecule is COc1cc(-c2ccc3ncc(C(=O)C4CC4)c(NC4CCC(N)CC4)c3c2)ccn1. The molecule has 0 spiro atoms. The van der Waals surface area contributed by atoms with Gasteiger partial charge in [0.1, 0.15) is 0 Å². The van der Waals surface area contributed by atoms with Gasteiger partial charge in [0.05, 0.1) is 23.9 Å². The molecule has 0 atom stereocenters. The number of pyridine rings is 2. The van der Waals surface area contributed by atoms with Crippen LogP contribution in [0.5, 0.6) is 5.88 Å². The first-order chi connectivity index (χ1) is 15.1. The van der Waals surface area contributed by atoms with Crippen LogP contribution < -0.4 is 15.8 Å². The summed E-state index contributed by atoms with van der Waals surface area (Å²) in [5, 5.41) is 4.71. The molecule has 1 aromatic carbocycles. The molecule has 3 N–H and O–H groups in total. The first-order valence-electron chi connectivity index (χ1n) is 11.1. The predicted octanol–water partition coefficient (Wildman–Crippen LogP) is 4.58. The third-order valence-corrected chi connectivity index (χ3v) is 6.48. The second-order valence-electron chi connectivity index (χ2n) is 8.76. The molecule has 5 rings (SSSR count). The Bertz CT molecular complexity index is 1120. The highest BCUT2D eigenvalue weighted by Gasteiger charge is 2.33. The van der Waals surface area contributed by atoms with Gasteiger partial charge < -0.3 is 15.8 Å². The average molecular weight is 417 g/mol. The maximum Gasteiger partial charge on any atom is 0.213 e. The number of ether oxygens (including phenoxy) is 1. The van der Waals surface area contributed by atoms with Crippen molar-refractivity contribution in [2.24, 2.45) is 11.7 Å². The lowest BCUT2D eigenvalue weighted by Gasteiger charge is -2.29. The molecular weight excluding hydrogens is 388 g/mol. The Kier molecular flexibility index (Phi) is 5.32. The fourth-order valence-corrected chi connectivity index (χ4v) is 4.45. The summed E-state index contributed by atoms with van der Waals surface area (Å²) in [4.78, 5) is 21.9. The first-order valence-corrected chi connectivity index (χ1v) is 11.1. The maximum atomic E-state index is 13.1. The summed E-state index contributed by atoms with van der Waals surface area (Å²) in [7, 11) is 1.62. The van der Waals surface area contributed by atoms with E-state index in [2.05, 4.69) is 27.4 Å².